The van der Waals surface area contributed by atoms with Gasteiger partial charge in [-0.25, -0.2) is 4.79 Å². The number of carbonyl (C=O) groups is 1. The highest BCUT2D eigenvalue weighted by Gasteiger charge is 2.42. The lowest BCUT2D eigenvalue weighted by Gasteiger charge is -2.40. The molecule has 1 saturated heterocycles. The van der Waals surface area contributed by atoms with Gasteiger partial charge in [0.25, 0.3) is 0 Å². The number of para-hydroxylation sites is 1. The van der Waals surface area contributed by atoms with Gasteiger partial charge in [0.05, 0.1) is 6.10 Å². The summed E-state index contributed by atoms with van der Waals surface area (Å²) in [6, 6.07) is 7.67. The largest absolute Gasteiger partial charge is 0.487 e. The van der Waals surface area contributed by atoms with Crippen molar-refractivity contribution in [1.29, 1.82) is 0 Å². The predicted octanol–water partition coefficient (Wildman–Crippen LogP) is 3.66. The predicted molar refractivity (Wildman–Crippen MR) is 91.0 cm³/mol. The molecule has 3 rings (SSSR count). The zero-order valence-corrected chi connectivity index (χ0v) is 14.7. The summed E-state index contributed by atoms with van der Waals surface area (Å²) >= 11 is 0. The van der Waals surface area contributed by atoms with E-state index in [9.17, 15) is 9.90 Å². The molecule has 5 nitrogen and oxygen atoms in total. The molecular formula is C19H27NO4. The van der Waals surface area contributed by atoms with Crippen LogP contribution in [0.3, 0.4) is 0 Å². The Balaban J connectivity index is 1.71. The second-order valence-corrected chi connectivity index (χ2v) is 7.86. The number of hydrogen-bond donors (Lipinski definition) is 1. The van der Waals surface area contributed by atoms with E-state index in [0.717, 1.165) is 24.2 Å². The third-order valence-electron chi connectivity index (χ3n) is 4.72. The minimum absolute atomic E-state index is 0.267. The molecule has 2 heterocycles. The summed E-state index contributed by atoms with van der Waals surface area (Å²) in [5.74, 6) is 0.766. The number of likely N-dealkylation sites (tertiary alicyclic amines) is 1. The van der Waals surface area contributed by atoms with Crippen molar-refractivity contribution in [1.82, 2.24) is 4.90 Å². The number of ether oxygens (including phenoxy) is 2. The van der Waals surface area contributed by atoms with Gasteiger partial charge in [-0.05, 0) is 39.7 Å². The first-order chi connectivity index (χ1) is 11.3. The topological polar surface area (TPSA) is 59.0 Å². The summed E-state index contributed by atoms with van der Waals surface area (Å²) < 4.78 is 11.8. The molecule has 1 N–H and O–H groups in total. The van der Waals surface area contributed by atoms with Crippen LogP contribution in [0.1, 0.15) is 58.1 Å². The maximum absolute atomic E-state index is 12.3. The monoisotopic (exact) mass is 333 g/mol. The SMILES string of the molecule is CC(C)(C)OC(=O)N1CCCC2(CC1)CC(O)c1ccccc1O2. The van der Waals surface area contributed by atoms with E-state index in [4.69, 9.17) is 9.47 Å². The van der Waals surface area contributed by atoms with E-state index in [1.807, 2.05) is 45.0 Å². The number of hydrogen-bond acceptors (Lipinski definition) is 4. The Morgan fingerprint density at radius 2 is 2.04 bits per heavy atom. The molecule has 1 amide bonds. The average Bonchev–Trinajstić information content (AvgIpc) is 2.68. The van der Waals surface area contributed by atoms with Gasteiger partial charge >= 0.3 is 6.09 Å². The van der Waals surface area contributed by atoms with Crippen LogP contribution in [0.5, 0.6) is 5.75 Å². The van der Waals surface area contributed by atoms with Crippen LogP contribution < -0.4 is 4.74 Å². The number of aliphatic hydroxyl groups is 1. The highest BCUT2D eigenvalue weighted by molar-refractivity contribution is 5.68. The standard InChI is InChI=1S/C19H27NO4/c1-18(2,3)24-17(22)20-11-6-9-19(10-12-20)13-15(21)14-7-4-5-8-16(14)23-19/h4-5,7-8,15,21H,6,9-13H2,1-3H3. The Kier molecular flexibility index (Phi) is 4.47. The highest BCUT2D eigenvalue weighted by Crippen LogP contribution is 2.44. The molecule has 0 bridgehead atoms. The lowest BCUT2D eigenvalue weighted by molar-refractivity contribution is -0.0245. The molecule has 1 aromatic rings. The van der Waals surface area contributed by atoms with Crippen LogP contribution in [-0.2, 0) is 4.74 Å². The molecule has 1 spiro atoms. The van der Waals surface area contributed by atoms with Crippen molar-refractivity contribution in [3.63, 3.8) is 0 Å². The fourth-order valence-corrected chi connectivity index (χ4v) is 3.57. The first-order valence-electron chi connectivity index (χ1n) is 8.72. The lowest BCUT2D eigenvalue weighted by Crippen LogP contribution is -2.43. The smallest absolute Gasteiger partial charge is 0.410 e. The Labute approximate surface area is 143 Å². The summed E-state index contributed by atoms with van der Waals surface area (Å²) in [6.45, 7) is 6.88. The van der Waals surface area contributed by atoms with Crippen LogP contribution in [0.25, 0.3) is 0 Å². The molecule has 1 fully saturated rings. The van der Waals surface area contributed by atoms with Crippen molar-refractivity contribution in [2.24, 2.45) is 0 Å². The van der Waals surface area contributed by atoms with Crippen LogP contribution >= 0.6 is 0 Å². The van der Waals surface area contributed by atoms with Gasteiger partial charge in [-0.15, -0.1) is 0 Å². The van der Waals surface area contributed by atoms with Crippen LogP contribution in [0.2, 0.25) is 0 Å². The maximum atomic E-state index is 12.3. The number of carbonyl (C=O) groups excluding carboxylic acids is 1. The molecule has 2 atom stereocenters. The van der Waals surface area contributed by atoms with Crippen molar-refractivity contribution in [3.05, 3.63) is 29.8 Å². The molecule has 2 unspecified atom stereocenters. The number of fused-ring (bicyclic) bond motifs is 1. The molecule has 24 heavy (non-hydrogen) atoms. The van der Waals surface area contributed by atoms with Gasteiger partial charge in [-0.3, -0.25) is 0 Å². The van der Waals surface area contributed by atoms with E-state index in [2.05, 4.69) is 0 Å². The fraction of sp³-hybridized carbons (Fsp3) is 0.632. The van der Waals surface area contributed by atoms with Gasteiger partial charge in [0.2, 0.25) is 0 Å². The molecular weight excluding hydrogens is 306 g/mol. The second-order valence-electron chi connectivity index (χ2n) is 7.86. The third-order valence-corrected chi connectivity index (χ3v) is 4.72. The van der Waals surface area contributed by atoms with Crippen molar-refractivity contribution in [3.8, 4) is 5.75 Å². The Morgan fingerprint density at radius 1 is 1.29 bits per heavy atom. The summed E-state index contributed by atoms with van der Waals surface area (Å²) in [6.07, 6.45) is 2.18. The highest BCUT2D eigenvalue weighted by atomic mass is 16.6. The number of rotatable bonds is 0. The lowest BCUT2D eigenvalue weighted by atomic mass is 9.83. The van der Waals surface area contributed by atoms with Gasteiger partial charge in [-0.2, -0.15) is 0 Å². The van der Waals surface area contributed by atoms with Crippen molar-refractivity contribution < 1.29 is 19.4 Å². The van der Waals surface area contributed by atoms with Crippen LogP contribution in [-0.4, -0.2) is 40.4 Å². The minimum Gasteiger partial charge on any atom is -0.487 e. The van der Waals surface area contributed by atoms with Gasteiger partial charge in [0.15, 0.2) is 0 Å². The number of amides is 1. The van der Waals surface area contributed by atoms with Crippen molar-refractivity contribution >= 4 is 6.09 Å². The Hall–Kier alpha value is -1.75. The molecule has 2 aliphatic rings. The molecule has 132 valence electrons. The normalized spacial score (nSPS) is 27.2. The van der Waals surface area contributed by atoms with Gasteiger partial charge in [-0.1, -0.05) is 18.2 Å². The first kappa shape index (κ1) is 17.1. The molecule has 0 aliphatic carbocycles. The van der Waals surface area contributed by atoms with E-state index >= 15 is 0 Å². The first-order valence-corrected chi connectivity index (χ1v) is 8.72. The molecule has 0 radical (unpaired) electrons. The van der Waals surface area contributed by atoms with E-state index in [1.54, 1.807) is 4.90 Å². The van der Waals surface area contributed by atoms with Crippen molar-refractivity contribution in [2.45, 2.75) is 63.8 Å². The molecule has 0 saturated carbocycles. The Bertz CT molecular complexity index is 610. The molecule has 2 aliphatic heterocycles. The van der Waals surface area contributed by atoms with Gasteiger partial charge < -0.3 is 19.5 Å². The van der Waals surface area contributed by atoms with E-state index < -0.39 is 17.3 Å². The number of benzene rings is 1. The Morgan fingerprint density at radius 3 is 2.79 bits per heavy atom. The minimum atomic E-state index is -0.511. The zero-order valence-electron chi connectivity index (χ0n) is 14.7. The average molecular weight is 333 g/mol. The second kappa shape index (κ2) is 6.28. The number of nitrogens with zero attached hydrogens (tertiary/aromatic N) is 1. The van der Waals surface area contributed by atoms with Crippen molar-refractivity contribution in [2.75, 3.05) is 13.1 Å². The van der Waals surface area contributed by atoms with Crippen LogP contribution in [0, 0.1) is 0 Å². The van der Waals surface area contributed by atoms with Gasteiger partial charge in [0.1, 0.15) is 17.0 Å². The van der Waals surface area contributed by atoms with E-state index in [1.165, 1.54) is 0 Å². The summed E-state index contributed by atoms with van der Waals surface area (Å²) in [5.41, 5.74) is -0.0291. The van der Waals surface area contributed by atoms with Gasteiger partial charge in [0, 0.05) is 31.5 Å². The van der Waals surface area contributed by atoms with E-state index in [0.29, 0.717) is 25.9 Å². The molecule has 1 aromatic carbocycles. The fourth-order valence-electron chi connectivity index (χ4n) is 3.57. The van der Waals surface area contributed by atoms with Crippen LogP contribution in [0.15, 0.2) is 24.3 Å². The summed E-state index contributed by atoms with van der Waals surface area (Å²) in [4.78, 5) is 14.1. The molecule has 5 heteroatoms. The molecule has 0 aromatic heterocycles. The zero-order chi connectivity index (χ0) is 17.4. The quantitative estimate of drug-likeness (QED) is 0.787. The van der Waals surface area contributed by atoms with E-state index in [-0.39, 0.29) is 6.09 Å². The summed E-state index contributed by atoms with van der Waals surface area (Å²) in [7, 11) is 0. The summed E-state index contributed by atoms with van der Waals surface area (Å²) in [5, 5.41) is 10.5. The maximum Gasteiger partial charge on any atom is 0.410 e. The third kappa shape index (κ3) is 3.66. The van der Waals surface area contributed by atoms with Crippen LogP contribution in [0.4, 0.5) is 4.79 Å². The number of aliphatic hydroxyl groups excluding tert-OH is 1.